The zero-order valence-electron chi connectivity index (χ0n) is 17.7. The van der Waals surface area contributed by atoms with Crippen LogP contribution in [0.4, 0.5) is 11.4 Å². The Morgan fingerprint density at radius 2 is 1.70 bits per heavy atom. The van der Waals surface area contributed by atoms with Gasteiger partial charge in [0.2, 0.25) is 0 Å². The van der Waals surface area contributed by atoms with E-state index in [9.17, 15) is 0 Å². The smallest absolute Gasteiger partial charge is 0.0832 e. The van der Waals surface area contributed by atoms with Crippen molar-refractivity contribution in [2.24, 2.45) is 0 Å². The number of hydrazine groups is 2. The summed E-state index contributed by atoms with van der Waals surface area (Å²) in [5.74, 6) is 0. The van der Waals surface area contributed by atoms with Gasteiger partial charge in [-0.25, -0.2) is 0 Å². The monoisotopic (exact) mass is 424 g/mol. The minimum Gasteiger partial charge on any atom is -0.339 e. The van der Waals surface area contributed by atoms with Crippen LogP contribution in [0.25, 0.3) is 5.70 Å². The minimum absolute atomic E-state index is 0.766. The largest absolute Gasteiger partial charge is 0.339 e. The number of fused-ring (bicyclic) bond motifs is 3. The number of hydrogen-bond acceptors (Lipinski definition) is 6. The topological polar surface area (TPSA) is 37.0 Å². The first kappa shape index (κ1) is 19.7. The molecule has 0 atom stereocenters. The summed E-state index contributed by atoms with van der Waals surface area (Å²) in [7, 11) is 2.20. The van der Waals surface area contributed by atoms with Gasteiger partial charge in [0.05, 0.1) is 23.6 Å². The van der Waals surface area contributed by atoms with Crippen LogP contribution in [0.3, 0.4) is 0 Å². The van der Waals surface area contributed by atoms with Crippen LogP contribution in [0.5, 0.6) is 0 Å². The highest BCUT2D eigenvalue weighted by molar-refractivity contribution is 6.30. The van der Waals surface area contributed by atoms with Crippen molar-refractivity contribution in [3.05, 3.63) is 64.3 Å². The molecule has 0 spiro atoms. The highest BCUT2D eigenvalue weighted by atomic mass is 35.5. The maximum Gasteiger partial charge on any atom is 0.0832 e. The van der Waals surface area contributed by atoms with Gasteiger partial charge in [-0.3, -0.25) is 9.91 Å². The molecule has 0 saturated carbocycles. The highest BCUT2D eigenvalue weighted by Crippen LogP contribution is 2.39. The lowest BCUT2D eigenvalue weighted by molar-refractivity contribution is 0.148. The van der Waals surface area contributed by atoms with E-state index in [0.29, 0.717) is 0 Å². The first-order valence-corrected chi connectivity index (χ1v) is 11.0. The van der Waals surface area contributed by atoms with E-state index in [1.54, 1.807) is 0 Å². The third-order valence-electron chi connectivity index (χ3n) is 6.30. The van der Waals surface area contributed by atoms with E-state index in [0.717, 1.165) is 56.5 Å². The average molecular weight is 425 g/mol. The molecule has 3 aliphatic rings. The summed E-state index contributed by atoms with van der Waals surface area (Å²) in [4.78, 5) is 7.37. The molecule has 3 heterocycles. The van der Waals surface area contributed by atoms with Crippen molar-refractivity contribution in [2.45, 2.75) is 13.5 Å². The van der Waals surface area contributed by atoms with Crippen LogP contribution in [0.15, 0.2) is 48.2 Å². The Morgan fingerprint density at radius 1 is 0.933 bits per heavy atom. The van der Waals surface area contributed by atoms with Gasteiger partial charge in [0.15, 0.2) is 0 Å². The van der Waals surface area contributed by atoms with Gasteiger partial charge in [-0.2, -0.15) is 0 Å². The van der Waals surface area contributed by atoms with Gasteiger partial charge in [-0.15, -0.1) is 5.53 Å². The Bertz CT molecular complexity index is 949. The van der Waals surface area contributed by atoms with Gasteiger partial charge in [-0.05, 0) is 49.9 Å². The van der Waals surface area contributed by atoms with Gasteiger partial charge < -0.3 is 15.2 Å². The summed E-state index contributed by atoms with van der Waals surface area (Å²) in [6, 6.07) is 15.1. The molecule has 7 heteroatoms. The zero-order chi connectivity index (χ0) is 20.7. The summed E-state index contributed by atoms with van der Waals surface area (Å²) >= 11 is 6.16. The van der Waals surface area contributed by atoms with Crippen molar-refractivity contribution in [3.8, 4) is 0 Å². The second-order valence-electron chi connectivity index (χ2n) is 8.42. The van der Waals surface area contributed by atoms with Crippen LogP contribution in [-0.4, -0.2) is 61.1 Å². The van der Waals surface area contributed by atoms with Gasteiger partial charge in [0, 0.05) is 55.5 Å². The van der Waals surface area contributed by atoms with E-state index in [1.165, 1.54) is 28.2 Å². The SMILES string of the molecule is CC1=C2c3ccc(CN4CCN(C)CC4)cc3N(c3ccc(Cl)cc3)CCN2NN1. The van der Waals surface area contributed by atoms with Crippen LogP contribution < -0.4 is 15.9 Å². The Balaban J connectivity index is 1.53. The van der Waals surface area contributed by atoms with E-state index in [4.69, 9.17) is 11.6 Å². The van der Waals surface area contributed by atoms with Crippen LogP contribution in [0, 0.1) is 0 Å². The molecular formula is C23H29ClN6. The highest BCUT2D eigenvalue weighted by Gasteiger charge is 2.29. The van der Waals surface area contributed by atoms with Crippen molar-refractivity contribution in [1.82, 2.24) is 25.8 Å². The number of piperazine rings is 1. The molecule has 0 aromatic heterocycles. The van der Waals surface area contributed by atoms with Crippen LogP contribution >= 0.6 is 11.6 Å². The Hall–Kier alpha value is -2.25. The maximum absolute atomic E-state index is 6.16. The molecule has 2 aromatic carbocycles. The molecule has 1 fully saturated rings. The number of likely N-dealkylation sites (N-methyl/N-ethyl adjacent to an activating group) is 1. The second-order valence-corrected chi connectivity index (χ2v) is 8.86. The van der Waals surface area contributed by atoms with Crippen molar-refractivity contribution < 1.29 is 0 Å². The van der Waals surface area contributed by atoms with Crippen LogP contribution in [0.2, 0.25) is 5.02 Å². The standard InChI is InChI=1S/C23H29ClN6/c1-17-23-21-8-3-18(16-28-11-9-27(2)10-12-28)15-22(21)29(13-14-30(23)26-25-17)20-6-4-19(24)5-7-20/h3-8,15,25-26H,9-14,16H2,1-2H3. The van der Waals surface area contributed by atoms with Crippen molar-refractivity contribution in [3.63, 3.8) is 0 Å². The van der Waals surface area contributed by atoms with Gasteiger partial charge >= 0.3 is 0 Å². The third kappa shape index (κ3) is 3.76. The summed E-state index contributed by atoms with van der Waals surface area (Å²) in [6.07, 6.45) is 0. The number of anilines is 2. The van der Waals surface area contributed by atoms with Crippen molar-refractivity contribution in [1.29, 1.82) is 0 Å². The fraction of sp³-hybridized carbons (Fsp3) is 0.391. The maximum atomic E-state index is 6.16. The molecule has 3 aliphatic heterocycles. The van der Waals surface area contributed by atoms with Gasteiger partial charge in [-0.1, -0.05) is 23.7 Å². The number of benzene rings is 2. The number of halogens is 1. The number of allylic oxidation sites excluding steroid dienone is 1. The fourth-order valence-electron chi connectivity index (χ4n) is 4.56. The quantitative estimate of drug-likeness (QED) is 0.787. The normalized spacial score (nSPS) is 20.1. The summed E-state index contributed by atoms with van der Waals surface area (Å²) in [5, 5.41) is 2.98. The predicted molar refractivity (Wildman–Crippen MR) is 123 cm³/mol. The van der Waals surface area contributed by atoms with Gasteiger partial charge in [0.25, 0.3) is 0 Å². The molecule has 2 aromatic rings. The molecule has 5 rings (SSSR count). The number of nitrogens with zero attached hydrogens (tertiary/aromatic N) is 4. The second kappa shape index (κ2) is 8.12. The van der Waals surface area contributed by atoms with E-state index in [2.05, 4.69) is 75.0 Å². The van der Waals surface area contributed by atoms with E-state index >= 15 is 0 Å². The molecule has 1 saturated heterocycles. The zero-order valence-corrected chi connectivity index (χ0v) is 18.4. The van der Waals surface area contributed by atoms with Crippen LogP contribution in [-0.2, 0) is 6.54 Å². The molecule has 0 amide bonds. The molecule has 6 nitrogen and oxygen atoms in total. The molecule has 158 valence electrons. The summed E-state index contributed by atoms with van der Waals surface area (Å²) in [5.41, 5.74) is 14.0. The first-order valence-electron chi connectivity index (χ1n) is 10.7. The Kier molecular flexibility index (Phi) is 5.33. The summed E-state index contributed by atoms with van der Waals surface area (Å²) in [6.45, 7) is 9.42. The van der Waals surface area contributed by atoms with Crippen molar-refractivity contribution in [2.75, 3.05) is 51.2 Å². The molecule has 0 unspecified atom stereocenters. The lowest BCUT2D eigenvalue weighted by atomic mass is 10.0. The lowest BCUT2D eigenvalue weighted by Crippen LogP contribution is -2.43. The van der Waals surface area contributed by atoms with Crippen LogP contribution in [0.1, 0.15) is 18.1 Å². The van der Waals surface area contributed by atoms with E-state index < -0.39 is 0 Å². The summed E-state index contributed by atoms with van der Waals surface area (Å²) < 4.78 is 0. The average Bonchev–Trinajstić information content (AvgIpc) is 3.03. The predicted octanol–water partition coefficient (Wildman–Crippen LogP) is 3.25. The third-order valence-corrected chi connectivity index (χ3v) is 6.55. The van der Waals surface area contributed by atoms with Gasteiger partial charge in [0.1, 0.15) is 0 Å². The lowest BCUT2D eigenvalue weighted by Gasteiger charge is -2.32. The van der Waals surface area contributed by atoms with E-state index in [-0.39, 0.29) is 0 Å². The molecule has 30 heavy (non-hydrogen) atoms. The fourth-order valence-corrected chi connectivity index (χ4v) is 4.68. The minimum atomic E-state index is 0.766. The Labute approximate surface area is 183 Å². The molecule has 0 bridgehead atoms. The Morgan fingerprint density at radius 3 is 2.47 bits per heavy atom. The van der Waals surface area contributed by atoms with Crippen molar-refractivity contribution >= 4 is 28.7 Å². The number of rotatable bonds is 3. The van der Waals surface area contributed by atoms with E-state index in [1.807, 2.05) is 12.1 Å². The number of nitrogens with one attached hydrogen (secondary N) is 2. The first-order chi connectivity index (χ1) is 14.6. The molecular weight excluding hydrogens is 396 g/mol. The number of hydrogen-bond donors (Lipinski definition) is 2. The molecule has 2 N–H and O–H groups in total. The molecule has 0 radical (unpaired) electrons. The molecule has 0 aliphatic carbocycles.